The molecule has 15 nitrogen and oxygen atoms in total. The number of aliphatic hydroxyl groups is 3. The molecule has 0 aliphatic heterocycles. The number of aliphatic hydroxyl groups excluding tert-OH is 3. The Bertz CT molecular complexity index is 1280. The van der Waals surface area contributed by atoms with Crippen LogP contribution in [0.25, 0.3) is 0 Å². The van der Waals surface area contributed by atoms with E-state index in [2.05, 4.69) is 38.0 Å². The Morgan fingerprint density at radius 3 is 1.19 bits per heavy atom. The Morgan fingerprint density at radius 2 is 0.793 bits per heavy atom. The van der Waals surface area contributed by atoms with E-state index in [9.17, 15) is 43.8 Å². The highest BCUT2D eigenvalue weighted by Gasteiger charge is 2.28. The highest BCUT2D eigenvalue weighted by Crippen LogP contribution is 2.45. The second-order valence-electron chi connectivity index (χ2n) is 13.8. The zero-order valence-electron chi connectivity index (χ0n) is 34.7. The van der Waals surface area contributed by atoms with Crippen LogP contribution in [0.1, 0.15) is 129 Å². The van der Waals surface area contributed by atoms with Crippen molar-refractivity contribution in [1.29, 1.82) is 0 Å². The third kappa shape index (κ3) is 39.2. The first-order valence-electron chi connectivity index (χ1n) is 20.7. The summed E-state index contributed by atoms with van der Waals surface area (Å²) in [7, 11) is -9.58. The number of hydrogen-bond acceptors (Lipinski definition) is 13. The van der Waals surface area contributed by atoms with Crippen LogP contribution in [-0.4, -0.2) is 95.0 Å². The second kappa shape index (κ2) is 37.7. The van der Waals surface area contributed by atoms with Gasteiger partial charge in [-0.1, -0.05) is 152 Å². The molecule has 0 aliphatic rings. The maximum absolute atomic E-state index is 12.1. The van der Waals surface area contributed by atoms with Gasteiger partial charge in [0.2, 0.25) is 0 Å². The van der Waals surface area contributed by atoms with E-state index >= 15 is 0 Å². The predicted octanol–water partition coefficient (Wildman–Crippen LogP) is 8.27. The van der Waals surface area contributed by atoms with Crippen molar-refractivity contribution in [2.75, 3.05) is 39.6 Å². The standard InChI is InChI=1S/C41H72O15P2/c1-3-5-7-9-11-13-15-17-19-21-23-25-27-29-40(45)51-31-37(42)33-53-57(47,48)55-35-39(44)36-56-58(49,50)54-34-38(43)32-52-41(46)30-28-26-24-22-20-18-16-14-12-10-8-6-4-2/h5,7,9,11,13,15,17,19,21,23,37-39,42-44H,3-4,6,8,10,12,14,16,18,20,22,24-36H2,1-2H3,(H,47,48)(H,49,50)/b7-5+,11-9+,15-13-,19-17-,23-21+. The Balaban J connectivity index is 4.01. The average molecular weight is 867 g/mol. The zero-order valence-corrected chi connectivity index (χ0v) is 36.5. The molecule has 0 fully saturated rings. The van der Waals surface area contributed by atoms with Gasteiger partial charge in [-0.15, -0.1) is 0 Å². The molecule has 5 atom stereocenters. The van der Waals surface area contributed by atoms with Crippen molar-refractivity contribution in [3.05, 3.63) is 60.8 Å². The molecule has 0 amide bonds. The van der Waals surface area contributed by atoms with E-state index in [0.717, 1.165) is 25.7 Å². The largest absolute Gasteiger partial charge is 0.472 e. The van der Waals surface area contributed by atoms with E-state index < -0.39 is 85.5 Å². The van der Waals surface area contributed by atoms with Crippen LogP contribution in [0.15, 0.2) is 60.8 Å². The minimum absolute atomic E-state index is 0.0978. The molecule has 0 heterocycles. The smallest absolute Gasteiger partial charge is 0.463 e. The fourth-order valence-electron chi connectivity index (χ4n) is 4.89. The number of hydrogen-bond donors (Lipinski definition) is 5. The summed E-state index contributed by atoms with van der Waals surface area (Å²) in [5.74, 6) is -1.07. The Labute approximate surface area is 346 Å². The minimum Gasteiger partial charge on any atom is -0.463 e. The molecule has 0 aromatic rings. The lowest BCUT2D eigenvalue weighted by atomic mass is 10.0. The number of carbonyl (C=O) groups is 2. The fourth-order valence-corrected chi connectivity index (χ4v) is 6.48. The van der Waals surface area contributed by atoms with Gasteiger partial charge in [0.25, 0.3) is 0 Å². The molecule has 0 aromatic heterocycles. The molecule has 0 spiro atoms. The van der Waals surface area contributed by atoms with E-state index in [0.29, 0.717) is 19.3 Å². The summed E-state index contributed by atoms with van der Waals surface area (Å²) >= 11 is 0. The van der Waals surface area contributed by atoms with Crippen LogP contribution in [0.5, 0.6) is 0 Å². The molecule has 0 saturated carbocycles. The van der Waals surface area contributed by atoms with Gasteiger partial charge in [-0.2, -0.15) is 0 Å². The number of rotatable bonds is 39. The van der Waals surface area contributed by atoms with Crippen LogP contribution in [0.3, 0.4) is 0 Å². The molecule has 5 unspecified atom stereocenters. The number of carbonyl (C=O) groups excluding carboxylic acids is 2. The van der Waals surface area contributed by atoms with E-state index in [1.54, 1.807) is 0 Å². The molecule has 5 N–H and O–H groups in total. The number of unbranched alkanes of at least 4 members (excludes halogenated alkanes) is 13. The van der Waals surface area contributed by atoms with Crippen molar-refractivity contribution >= 4 is 27.6 Å². The summed E-state index contributed by atoms with van der Waals surface area (Å²) in [6.07, 6.45) is 32.4. The molecular formula is C41H72O15P2. The first kappa shape index (κ1) is 55.7. The maximum atomic E-state index is 12.1. The van der Waals surface area contributed by atoms with E-state index in [1.165, 1.54) is 57.8 Å². The quantitative estimate of drug-likeness (QED) is 0.0170. The van der Waals surface area contributed by atoms with Crippen LogP contribution in [0, 0.1) is 0 Å². The van der Waals surface area contributed by atoms with Crippen molar-refractivity contribution in [2.24, 2.45) is 0 Å². The van der Waals surface area contributed by atoms with Crippen molar-refractivity contribution in [2.45, 2.75) is 148 Å². The number of esters is 2. The lowest BCUT2D eigenvalue weighted by molar-refractivity contribution is -0.148. The SMILES string of the molecule is CC/C=C/C=C/C=C\C=C/C=C/CCCC(=O)OCC(O)COP(=O)(O)OCC(O)COP(=O)(O)OCC(O)COC(=O)CCCCCCCCCCCCCCC. The summed E-state index contributed by atoms with van der Waals surface area (Å²) in [5, 5.41) is 29.9. The molecule has 0 rings (SSSR count). The zero-order chi connectivity index (χ0) is 43.2. The first-order chi connectivity index (χ1) is 27.8. The molecule has 0 bridgehead atoms. The molecule has 0 aliphatic carbocycles. The Morgan fingerprint density at radius 1 is 0.466 bits per heavy atom. The summed E-state index contributed by atoms with van der Waals surface area (Å²) in [4.78, 5) is 43.5. The monoisotopic (exact) mass is 866 g/mol. The average Bonchev–Trinajstić information content (AvgIpc) is 3.19. The van der Waals surface area contributed by atoms with Crippen LogP contribution in [0.4, 0.5) is 0 Å². The van der Waals surface area contributed by atoms with Crippen LogP contribution < -0.4 is 0 Å². The summed E-state index contributed by atoms with van der Waals surface area (Å²) in [5.41, 5.74) is 0. The van der Waals surface area contributed by atoms with Gasteiger partial charge in [0.1, 0.15) is 31.5 Å². The Kier molecular flexibility index (Phi) is 36.2. The Hall–Kier alpha value is -2.26. The number of phosphoric ester groups is 2. The van der Waals surface area contributed by atoms with Gasteiger partial charge >= 0.3 is 27.6 Å². The van der Waals surface area contributed by atoms with Gasteiger partial charge < -0.3 is 34.6 Å². The summed E-state index contributed by atoms with van der Waals surface area (Å²) < 4.78 is 52.7. The summed E-state index contributed by atoms with van der Waals surface area (Å²) in [6, 6.07) is 0. The molecule has 0 radical (unpaired) electrons. The third-order valence-corrected chi connectivity index (χ3v) is 10.0. The molecule has 58 heavy (non-hydrogen) atoms. The van der Waals surface area contributed by atoms with Gasteiger partial charge in [0.15, 0.2) is 0 Å². The maximum Gasteiger partial charge on any atom is 0.472 e. The lowest BCUT2D eigenvalue weighted by Gasteiger charge is -2.19. The molecule has 0 saturated heterocycles. The van der Waals surface area contributed by atoms with Gasteiger partial charge in [0.05, 0.1) is 26.4 Å². The molecular weight excluding hydrogens is 794 g/mol. The van der Waals surface area contributed by atoms with Gasteiger partial charge in [-0.25, -0.2) is 9.13 Å². The fraction of sp³-hybridized carbons (Fsp3) is 0.707. The summed E-state index contributed by atoms with van der Waals surface area (Å²) in [6.45, 7) is 0.149. The molecule has 0 aromatic carbocycles. The highest BCUT2D eigenvalue weighted by atomic mass is 31.2. The number of ether oxygens (including phenoxy) is 2. The highest BCUT2D eigenvalue weighted by molar-refractivity contribution is 7.47. The second-order valence-corrected chi connectivity index (χ2v) is 16.7. The third-order valence-electron chi connectivity index (χ3n) is 8.12. The minimum atomic E-state index is -4.80. The van der Waals surface area contributed by atoms with Crippen molar-refractivity contribution in [3.63, 3.8) is 0 Å². The van der Waals surface area contributed by atoms with Crippen LogP contribution in [0.2, 0.25) is 0 Å². The van der Waals surface area contributed by atoms with E-state index in [4.69, 9.17) is 9.47 Å². The van der Waals surface area contributed by atoms with Crippen LogP contribution in [-0.2, 0) is 46.3 Å². The van der Waals surface area contributed by atoms with Gasteiger partial charge in [0, 0.05) is 12.8 Å². The van der Waals surface area contributed by atoms with E-state index in [-0.39, 0.29) is 12.8 Å². The van der Waals surface area contributed by atoms with Crippen molar-refractivity contribution < 1.29 is 71.4 Å². The molecule has 336 valence electrons. The van der Waals surface area contributed by atoms with Crippen molar-refractivity contribution in [1.82, 2.24) is 0 Å². The number of allylic oxidation sites excluding steroid dienone is 10. The first-order valence-corrected chi connectivity index (χ1v) is 23.7. The van der Waals surface area contributed by atoms with Gasteiger partial charge in [-0.05, 0) is 25.7 Å². The lowest BCUT2D eigenvalue weighted by Crippen LogP contribution is -2.25. The van der Waals surface area contributed by atoms with E-state index in [1.807, 2.05) is 54.7 Å². The predicted molar refractivity (Wildman–Crippen MR) is 224 cm³/mol. The normalized spacial score (nSPS) is 16.1. The van der Waals surface area contributed by atoms with Crippen LogP contribution >= 0.6 is 15.6 Å². The molecule has 17 heteroatoms. The number of phosphoric acid groups is 2. The van der Waals surface area contributed by atoms with Crippen molar-refractivity contribution in [3.8, 4) is 0 Å². The van der Waals surface area contributed by atoms with Gasteiger partial charge in [-0.3, -0.25) is 27.7 Å². The topological polar surface area (TPSA) is 225 Å².